The van der Waals surface area contributed by atoms with Crippen LogP contribution in [0.3, 0.4) is 0 Å². The molecule has 0 aromatic heterocycles. The second kappa shape index (κ2) is 6.11. The van der Waals surface area contributed by atoms with Crippen molar-refractivity contribution in [1.82, 2.24) is 0 Å². The third kappa shape index (κ3) is 3.21. The van der Waals surface area contributed by atoms with E-state index in [1.165, 1.54) is 0 Å². The van der Waals surface area contributed by atoms with Gasteiger partial charge >= 0.3 is 0 Å². The van der Waals surface area contributed by atoms with E-state index in [2.05, 4.69) is 5.32 Å². The number of hydrogen-bond donors (Lipinski definition) is 2. The van der Waals surface area contributed by atoms with Crippen LogP contribution in [0.15, 0.2) is 36.4 Å². The number of methoxy groups -OCH3 is 1. The number of nitrogens with two attached hydrogens (primary N) is 1. The molecule has 0 heterocycles. The van der Waals surface area contributed by atoms with Gasteiger partial charge in [0.2, 0.25) is 0 Å². The molecule has 0 spiro atoms. The number of rotatable bonds is 4. The zero-order valence-corrected chi connectivity index (χ0v) is 12.8. The van der Waals surface area contributed by atoms with Crippen LogP contribution < -0.4 is 15.8 Å². The van der Waals surface area contributed by atoms with Gasteiger partial charge in [-0.25, -0.2) is 0 Å². The van der Waals surface area contributed by atoms with Gasteiger partial charge in [-0.2, -0.15) is 0 Å². The molecule has 2 aromatic rings. The molecule has 0 aliphatic heterocycles. The highest BCUT2D eigenvalue weighted by molar-refractivity contribution is 7.80. The maximum absolute atomic E-state index is 6.03. The van der Waals surface area contributed by atoms with E-state index in [1.54, 1.807) is 7.11 Å². The van der Waals surface area contributed by atoms with Crippen molar-refractivity contribution >= 4 is 40.2 Å². The Balaban J connectivity index is 2.45. The fraction of sp³-hybridized carbons (Fsp3) is 0.133. The van der Waals surface area contributed by atoms with Crippen molar-refractivity contribution in [1.29, 1.82) is 0 Å². The van der Waals surface area contributed by atoms with Gasteiger partial charge in [-0.05, 0) is 36.8 Å². The van der Waals surface area contributed by atoms with Gasteiger partial charge in [0.25, 0.3) is 0 Å². The average molecular weight is 307 g/mol. The summed E-state index contributed by atoms with van der Waals surface area (Å²) >= 11 is 11.1. The summed E-state index contributed by atoms with van der Waals surface area (Å²) in [4.78, 5) is 0.329. The summed E-state index contributed by atoms with van der Waals surface area (Å²) in [6.45, 7) is 2.00. The van der Waals surface area contributed by atoms with Gasteiger partial charge in [0, 0.05) is 22.3 Å². The zero-order chi connectivity index (χ0) is 14.7. The molecule has 3 N–H and O–H groups in total. The molecule has 20 heavy (non-hydrogen) atoms. The smallest absolute Gasteiger partial charge is 0.120 e. The van der Waals surface area contributed by atoms with Crippen molar-refractivity contribution in [2.24, 2.45) is 5.73 Å². The lowest BCUT2D eigenvalue weighted by atomic mass is 10.1. The molecule has 0 aliphatic carbocycles. The number of nitrogens with one attached hydrogen (secondary N) is 1. The highest BCUT2D eigenvalue weighted by atomic mass is 35.5. The summed E-state index contributed by atoms with van der Waals surface area (Å²) in [5.74, 6) is 0.729. The molecule has 2 rings (SSSR count). The van der Waals surface area contributed by atoms with Crippen LogP contribution in [0, 0.1) is 6.92 Å². The first-order valence-electron chi connectivity index (χ1n) is 6.02. The minimum absolute atomic E-state index is 0.329. The first-order chi connectivity index (χ1) is 9.51. The van der Waals surface area contributed by atoms with Gasteiger partial charge in [0.1, 0.15) is 10.7 Å². The molecule has 0 saturated carbocycles. The molecule has 104 valence electrons. The predicted molar refractivity (Wildman–Crippen MR) is 88.4 cm³/mol. The SMILES string of the molecule is COc1ccc(C(N)=S)c(Nc2cc(Cl)ccc2C)c1. The van der Waals surface area contributed by atoms with E-state index in [4.69, 9.17) is 34.3 Å². The maximum Gasteiger partial charge on any atom is 0.120 e. The fourth-order valence-electron chi connectivity index (χ4n) is 1.84. The van der Waals surface area contributed by atoms with E-state index in [0.29, 0.717) is 10.0 Å². The van der Waals surface area contributed by atoms with Gasteiger partial charge in [0.05, 0.1) is 12.8 Å². The van der Waals surface area contributed by atoms with E-state index in [9.17, 15) is 0 Å². The van der Waals surface area contributed by atoms with Crippen LogP contribution in [0.2, 0.25) is 5.02 Å². The molecule has 3 nitrogen and oxygen atoms in total. The molecule has 0 amide bonds. The maximum atomic E-state index is 6.03. The Kier molecular flexibility index (Phi) is 4.47. The third-order valence-electron chi connectivity index (χ3n) is 2.96. The van der Waals surface area contributed by atoms with E-state index < -0.39 is 0 Å². The molecule has 2 aromatic carbocycles. The van der Waals surface area contributed by atoms with Crippen molar-refractivity contribution in [3.05, 3.63) is 52.5 Å². The Morgan fingerprint density at radius 1 is 1.20 bits per heavy atom. The second-order valence-electron chi connectivity index (χ2n) is 4.36. The fourth-order valence-corrected chi connectivity index (χ4v) is 2.19. The lowest BCUT2D eigenvalue weighted by Gasteiger charge is -2.14. The summed E-state index contributed by atoms with van der Waals surface area (Å²) in [6, 6.07) is 11.2. The number of hydrogen-bond acceptors (Lipinski definition) is 3. The van der Waals surface area contributed by atoms with Gasteiger partial charge in [-0.15, -0.1) is 0 Å². The van der Waals surface area contributed by atoms with Crippen LogP contribution in [0.4, 0.5) is 11.4 Å². The average Bonchev–Trinajstić information content (AvgIpc) is 2.42. The molecule has 0 saturated heterocycles. The lowest BCUT2D eigenvalue weighted by Crippen LogP contribution is -2.12. The van der Waals surface area contributed by atoms with Crippen LogP contribution in [-0.2, 0) is 0 Å². The number of benzene rings is 2. The Morgan fingerprint density at radius 2 is 1.95 bits per heavy atom. The molecule has 5 heteroatoms. The van der Waals surface area contributed by atoms with E-state index in [-0.39, 0.29) is 0 Å². The number of halogens is 1. The Morgan fingerprint density at radius 3 is 2.60 bits per heavy atom. The van der Waals surface area contributed by atoms with Crippen molar-refractivity contribution in [2.45, 2.75) is 6.92 Å². The highest BCUT2D eigenvalue weighted by Crippen LogP contribution is 2.29. The van der Waals surface area contributed by atoms with Crippen LogP contribution in [0.1, 0.15) is 11.1 Å². The number of ether oxygens (including phenoxy) is 1. The van der Waals surface area contributed by atoms with Crippen molar-refractivity contribution in [3.63, 3.8) is 0 Å². The Bertz CT molecular complexity index is 658. The van der Waals surface area contributed by atoms with Crippen LogP contribution in [0.25, 0.3) is 0 Å². The number of aryl methyl sites for hydroxylation is 1. The van der Waals surface area contributed by atoms with E-state index >= 15 is 0 Å². The summed E-state index contributed by atoms with van der Waals surface area (Å²) in [5.41, 5.74) is 9.29. The van der Waals surface area contributed by atoms with Gasteiger partial charge in [0.15, 0.2) is 0 Å². The minimum atomic E-state index is 0.329. The molecule has 0 radical (unpaired) electrons. The number of anilines is 2. The van der Waals surface area contributed by atoms with E-state index in [1.807, 2.05) is 43.3 Å². The lowest BCUT2D eigenvalue weighted by molar-refractivity contribution is 0.415. The van der Waals surface area contributed by atoms with Crippen LogP contribution >= 0.6 is 23.8 Å². The first kappa shape index (κ1) is 14.6. The standard InChI is InChI=1S/C15H15ClN2OS/c1-9-3-4-10(16)7-13(9)18-14-8-11(19-2)5-6-12(14)15(17)20/h3-8,18H,1-2H3,(H2,17,20). The summed E-state index contributed by atoms with van der Waals surface area (Å²) in [5, 5.41) is 3.97. The second-order valence-corrected chi connectivity index (χ2v) is 5.24. The van der Waals surface area contributed by atoms with Crippen molar-refractivity contribution < 1.29 is 4.74 Å². The Labute approximate surface area is 128 Å². The van der Waals surface area contributed by atoms with Gasteiger partial charge in [-0.3, -0.25) is 0 Å². The van der Waals surface area contributed by atoms with Crippen LogP contribution in [-0.4, -0.2) is 12.1 Å². The third-order valence-corrected chi connectivity index (χ3v) is 3.42. The van der Waals surface area contributed by atoms with Crippen LogP contribution in [0.5, 0.6) is 5.75 Å². The largest absolute Gasteiger partial charge is 0.497 e. The van der Waals surface area contributed by atoms with Gasteiger partial charge in [-0.1, -0.05) is 29.9 Å². The molecule has 0 bridgehead atoms. The molecule has 0 aliphatic rings. The molecular formula is C15H15ClN2OS. The van der Waals surface area contributed by atoms with Crippen molar-refractivity contribution in [2.75, 3.05) is 12.4 Å². The zero-order valence-electron chi connectivity index (χ0n) is 11.2. The monoisotopic (exact) mass is 306 g/mol. The van der Waals surface area contributed by atoms with Crippen molar-refractivity contribution in [3.8, 4) is 5.75 Å². The quantitative estimate of drug-likeness (QED) is 0.837. The Hall–Kier alpha value is -1.78. The summed E-state index contributed by atoms with van der Waals surface area (Å²) in [7, 11) is 1.62. The predicted octanol–water partition coefficient (Wildman–Crippen LogP) is 4.03. The number of thiocarbonyl (C=S) groups is 1. The summed E-state index contributed by atoms with van der Waals surface area (Å²) < 4.78 is 5.23. The molecule has 0 fully saturated rings. The molecule has 0 unspecified atom stereocenters. The van der Waals surface area contributed by atoms with Gasteiger partial charge < -0.3 is 15.8 Å². The highest BCUT2D eigenvalue weighted by Gasteiger charge is 2.09. The normalized spacial score (nSPS) is 10.2. The molecule has 0 atom stereocenters. The summed E-state index contributed by atoms with van der Waals surface area (Å²) in [6.07, 6.45) is 0. The molecular weight excluding hydrogens is 292 g/mol. The van der Waals surface area contributed by atoms with E-state index in [0.717, 1.165) is 28.3 Å². The minimum Gasteiger partial charge on any atom is -0.497 e. The topological polar surface area (TPSA) is 47.3 Å². The first-order valence-corrected chi connectivity index (χ1v) is 6.81.